The Labute approximate surface area is 298 Å². The predicted octanol–water partition coefficient (Wildman–Crippen LogP) is 13.6. The Balaban J connectivity index is 1.21. The second kappa shape index (κ2) is 11.3. The molecule has 0 spiro atoms. The smallest absolute Gasteiger partial charge is 0.0546 e. The van der Waals surface area contributed by atoms with Crippen molar-refractivity contribution < 1.29 is 0 Å². The van der Waals surface area contributed by atoms with Crippen molar-refractivity contribution in [3.05, 3.63) is 187 Å². The number of para-hydroxylation sites is 1. The van der Waals surface area contributed by atoms with Crippen LogP contribution in [0.4, 0.5) is 17.1 Å². The summed E-state index contributed by atoms with van der Waals surface area (Å²) in [5, 5.41) is 4.89. The number of fused-ring (bicyclic) bond motifs is 7. The highest BCUT2D eigenvalue weighted by atomic mass is 15.1. The lowest BCUT2D eigenvalue weighted by Gasteiger charge is -2.27. The molecule has 1 aliphatic carbocycles. The lowest BCUT2D eigenvalue weighted by Crippen LogP contribution is -2.15. The van der Waals surface area contributed by atoms with Gasteiger partial charge in [0.2, 0.25) is 0 Å². The SMILES string of the molecule is CC1(C)c2ccccc2-c2ccc(-c3cc(N(c4ccc(-c5ccccc5)cc4)c4ccc5ccccc5c4)cc4c3[nH]c3ccccc34)cc21. The average molecular weight is 653 g/mol. The molecule has 0 saturated heterocycles. The summed E-state index contributed by atoms with van der Waals surface area (Å²) in [4.78, 5) is 6.24. The topological polar surface area (TPSA) is 19.0 Å². The molecule has 0 bridgehead atoms. The average Bonchev–Trinajstić information content (AvgIpc) is 3.67. The van der Waals surface area contributed by atoms with Crippen LogP contribution in [0.15, 0.2) is 176 Å². The van der Waals surface area contributed by atoms with E-state index < -0.39 is 0 Å². The summed E-state index contributed by atoms with van der Waals surface area (Å²) >= 11 is 0. The molecule has 8 aromatic carbocycles. The van der Waals surface area contributed by atoms with Gasteiger partial charge in [-0.25, -0.2) is 0 Å². The van der Waals surface area contributed by atoms with E-state index in [1.807, 2.05) is 0 Å². The van der Waals surface area contributed by atoms with Gasteiger partial charge < -0.3 is 9.88 Å². The lowest BCUT2D eigenvalue weighted by atomic mass is 9.81. The summed E-state index contributed by atoms with van der Waals surface area (Å²) in [7, 11) is 0. The molecule has 242 valence electrons. The van der Waals surface area contributed by atoms with Crippen LogP contribution in [-0.2, 0) is 5.41 Å². The lowest BCUT2D eigenvalue weighted by molar-refractivity contribution is 0.660. The quantitative estimate of drug-likeness (QED) is 0.196. The summed E-state index contributed by atoms with van der Waals surface area (Å²) < 4.78 is 0. The van der Waals surface area contributed by atoms with Gasteiger partial charge >= 0.3 is 0 Å². The molecule has 10 rings (SSSR count). The maximum atomic E-state index is 3.83. The molecule has 1 N–H and O–H groups in total. The van der Waals surface area contributed by atoms with Crippen LogP contribution in [0.1, 0.15) is 25.0 Å². The van der Waals surface area contributed by atoms with Crippen LogP contribution in [0.5, 0.6) is 0 Å². The van der Waals surface area contributed by atoms with Gasteiger partial charge in [0.25, 0.3) is 0 Å². The second-order valence-electron chi connectivity index (χ2n) is 14.3. The van der Waals surface area contributed by atoms with E-state index in [2.05, 4.69) is 200 Å². The molecule has 0 saturated carbocycles. The molecular formula is C49H36N2. The van der Waals surface area contributed by atoms with E-state index in [9.17, 15) is 0 Å². The van der Waals surface area contributed by atoms with Crippen LogP contribution < -0.4 is 4.90 Å². The molecule has 0 radical (unpaired) electrons. The van der Waals surface area contributed by atoms with Crippen LogP contribution >= 0.6 is 0 Å². The number of aromatic amines is 1. The number of benzene rings is 8. The minimum Gasteiger partial charge on any atom is -0.354 e. The van der Waals surface area contributed by atoms with Crippen molar-refractivity contribution in [3.8, 4) is 33.4 Å². The fraction of sp³-hybridized carbons (Fsp3) is 0.0612. The highest BCUT2D eigenvalue weighted by Crippen LogP contribution is 2.50. The molecule has 0 atom stereocenters. The Morgan fingerprint density at radius 2 is 1.08 bits per heavy atom. The van der Waals surface area contributed by atoms with Crippen molar-refractivity contribution in [3.63, 3.8) is 0 Å². The Morgan fingerprint density at radius 3 is 1.94 bits per heavy atom. The van der Waals surface area contributed by atoms with E-state index in [-0.39, 0.29) is 5.41 Å². The Hall–Kier alpha value is -6.38. The first-order valence-corrected chi connectivity index (χ1v) is 17.8. The number of rotatable bonds is 5. The van der Waals surface area contributed by atoms with E-state index in [0.717, 1.165) is 28.1 Å². The van der Waals surface area contributed by atoms with Gasteiger partial charge in [0.1, 0.15) is 0 Å². The first-order chi connectivity index (χ1) is 25.0. The standard InChI is InChI=1S/C49H36N2/c1-49(2)45-18-10-8-16-40(45)41-27-23-36(29-46(41)49)43-30-39(31-44-42-17-9-11-19-47(42)50-48(43)44)51(38-26-22-33-14-6-7-15-35(33)28-38)37-24-20-34(21-25-37)32-12-4-3-5-13-32/h3-31,50H,1-2H3. The summed E-state index contributed by atoms with van der Waals surface area (Å²) in [5.74, 6) is 0. The van der Waals surface area contributed by atoms with Crippen molar-refractivity contribution >= 4 is 49.6 Å². The molecule has 1 aliphatic rings. The third-order valence-corrected chi connectivity index (χ3v) is 11.0. The molecule has 0 aliphatic heterocycles. The molecule has 1 aromatic heterocycles. The van der Waals surface area contributed by atoms with Crippen LogP contribution in [0.3, 0.4) is 0 Å². The molecule has 0 amide bonds. The van der Waals surface area contributed by atoms with Crippen molar-refractivity contribution in [2.75, 3.05) is 4.90 Å². The van der Waals surface area contributed by atoms with E-state index in [0.29, 0.717) is 0 Å². The maximum Gasteiger partial charge on any atom is 0.0546 e. The molecule has 9 aromatic rings. The van der Waals surface area contributed by atoms with Crippen LogP contribution in [0.25, 0.3) is 66.0 Å². The van der Waals surface area contributed by atoms with E-state index >= 15 is 0 Å². The molecule has 1 heterocycles. The number of H-pyrrole nitrogens is 1. The minimum absolute atomic E-state index is 0.0866. The monoisotopic (exact) mass is 652 g/mol. The van der Waals surface area contributed by atoms with Gasteiger partial charge in [-0.05, 0) is 98.2 Å². The summed E-state index contributed by atoms with van der Waals surface area (Å²) in [6, 6.07) is 64.4. The molecule has 2 nitrogen and oxygen atoms in total. The predicted molar refractivity (Wildman–Crippen MR) is 216 cm³/mol. The largest absolute Gasteiger partial charge is 0.354 e. The van der Waals surface area contributed by atoms with Gasteiger partial charge in [-0.15, -0.1) is 0 Å². The Kier molecular flexibility index (Phi) is 6.56. The second-order valence-corrected chi connectivity index (χ2v) is 14.3. The van der Waals surface area contributed by atoms with Gasteiger partial charge in [0.15, 0.2) is 0 Å². The van der Waals surface area contributed by atoms with Crippen molar-refractivity contribution in [2.45, 2.75) is 19.3 Å². The van der Waals surface area contributed by atoms with Crippen LogP contribution in [0.2, 0.25) is 0 Å². The van der Waals surface area contributed by atoms with Crippen LogP contribution in [0, 0.1) is 0 Å². The number of anilines is 3. The molecule has 0 unspecified atom stereocenters. The van der Waals surface area contributed by atoms with Gasteiger partial charge in [-0.3, -0.25) is 0 Å². The first-order valence-electron chi connectivity index (χ1n) is 17.8. The zero-order valence-corrected chi connectivity index (χ0v) is 28.7. The number of hydrogen-bond donors (Lipinski definition) is 1. The van der Waals surface area contributed by atoms with E-state index in [1.54, 1.807) is 0 Å². The van der Waals surface area contributed by atoms with Gasteiger partial charge in [0, 0.05) is 44.3 Å². The van der Waals surface area contributed by atoms with Gasteiger partial charge in [-0.1, -0.05) is 141 Å². The summed E-state index contributed by atoms with van der Waals surface area (Å²) in [5.41, 5.74) is 15.8. The minimum atomic E-state index is -0.0866. The van der Waals surface area contributed by atoms with Crippen molar-refractivity contribution in [2.24, 2.45) is 0 Å². The van der Waals surface area contributed by atoms with Crippen molar-refractivity contribution in [1.82, 2.24) is 4.98 Å². The number of aromatic nitrogens is 1. The highest BCUT2D eigenvalue weighted by Gasteiger charge is 2.35. The first kappa shape index (κ1) is 29.5. The number of nitrogens with one attached hydrogen (secondary N) is 1. The third-order valence-electron chi connectivity index (χ3n) is 11.0. The number of nitrogens with zero attached hydrogens (tertiary/aromatic N) is 1. The van der Waals surface area contributed by atoms with E-state index in [4.69, 9.17) is 0 Å². The summed E-state index contributed by atoms with van der Waals surface area (Å²) in [6.07, 6.45) is 0. The summed E-state index contributed by atoms with van der Waals surface area (Å²) in [6.45, 7) is 4.72. The molecular weight excluding hydrogens is 617 g/mol. The molecule has 0 fully saturated rings. The third kappa shape index (κ3) is 4.71. The Bertz CT molecular complexity index is 2770. The normalized spacial score (nSPS) is 13.1. The van der Waals surface area contributed by atoms with Gasteiger partial charge in [-0.2, -0.15) is 0 Å². The van der Waals surface area contributed by atoms with Gasteiger partial charge in [0.05, 0.1) is 5.52 Å². The van der Waals surface area contributed by atoms with Crippen molar-refractivity contribution in [1.29, 1.82) is 0 Å². The zero-order chi connectivity index (χ0) is 34.1. The zero-order valence-electron chi connectivity index (χ0n) is 28.7. The fourth-order valence-electron chi connectivity index (χ4n) is 8.36. The van der Waals surface area contributed by atoms with Crippen LogP contribution in [-0.4, -0.2) is 4.98 Å². The molecule has 2 heteroatoms. The maximum absolute atomic E-state index is 3.83. The highest BCUT2D eigenvalue weighted by molar-refractivity contribution is 6.14. The number of hydrogen-bond acceptors (Lipinski definition) is 1. The fourth-order valence-corrected chi connectivity index (χ4v) is 8.36. The molecule has 51 heavy (non-hydrogen) atoms. The Morgan fingerprint density at radius 1 is 0.412 bits per heavy atom. The van der Waals surface area contributed by atoms with E-state index in [1.165, 1.54) is 66.1 Å².